The van der Waals surface area contributed by atoms with Crippen LogP contribution in [0, 0.1) is 6.92 Å². The van der Waals surface area contributed by atoms with E-state index in [1.165, 1.54) is 22.2 Å². The molecule has 1 N–H and O–H groups in total. The van der Waals surface area contributed by atoms with E-state index in [2.05, 4.69) is 10.3 Å². The summed E-state index contributed by atoms with van der Waals surface area (Å²) in [6, 6.07) is 11.7. The molecule has 130 valence electrons. The summed E-state index contributed by atoms with van der Waals surface area (Å²) in [6.45, 7) is 1.79. The van der Waals surface area contributed by atoms with E-state index in [9.17, 15) is 9.59 Å². The van der Waals surface area contributed by atoms with Gasteiger partial charge in [0.25, 0.3) is 11.5 Å². The number of nitrogens with zero attached hydrogens (tertiary/aromatic N) is 2. The Morgan fingerprint density at radius 3 is 2.77 bits per heavy atom. The van der Waals surface area contributed by atoms with Gasteiger partial charge in [0, 0.05) is 23.2 Å². The number of hydrogen-bond acceptors (Lipinski definition) is 5. The van der Waals surface area contributed by atoms with Gasteiger partial charge in [-0.2, -0.15) is 0 Å². The summed E-state index contributed by atoms with van der Waals surface area (Å²) in [5.41, 5.74) is 2.26. The normalized spacial score (nSPS) is 11.0. The van der Waals surface area contributed by atoms with E-state index in [1.807, 2.05) is 41.8 Å². The van der Waals surface area contributed by atoms with Gasteiger partial charge >= 0.3 is 0 Å². The fraction of sp³-hybridized carbons (Fsp3) is 0.105. The second-order valence-corrected chi connectivity index (χ2v) is 7.82. The summed E-state index contributed by atoms with van der Waals surface area (Å²) in [6.07, 6.45) is 1.48. The number of amides is 1. The molecular formula is C19H15N3O2S2. The number of nitrogens with one attached hydrogen (secondary N) is 1. The molecule has 1 amide bonds. The SMILES string of the molecule is Cc1c(C(=O)Nc2ccccc2-c2cccs2)sc2ncn(C)c(=O)c12. The summed E-state index contributed by atoms with van der Waals surface area (Å²) in [4.78, 5) is 31.7. The quantitative estimate of drug-likeness (QED) is 0.576. The highest BCUT2D eigenvalue weighted by molar-refractivity contribution is 7.20. The van der Waals surface area contributed by atoms with E-state index < -0.39 is 0 Å². The Labute approximate surface area is 157 Å². The van der Waals surface area contributed by atoms with Crippen LogP contribution in [-0.2, 0) is 7.05 Å². The minimum atomic E-state index is -0.225. The molecule has 0 unspecified atom stereocenters. The molecule has 0 atom stereocenters. The minimum Gasteiger partial charge on any atom is -0.321 e. The molecule has 4 aromatic rings. The number of fused-ring (bicyclic) bond motifs is 1. The van der Waals surface area contributed by atoms with Gasteiger partial charge in [-0.05, 0) is 30.0 Å². The van der Waals surface area contributed by atoms with Crippen LogP contribution < -0.4 is 10.9 Å². The molecule has 0 saturated carbocycles. The third-order valence-corrected chi connectivity index (χ3v) is 6.28. The first-order valence-corrected chi connectivity index (χ1v) is 9.65. The van der Waals surface area contributed by atoms with Crippen molar-refractivity contribution in [3.05, 3.63) is 68.9 Å². The minimum absolute atomic E-state index is 0.137. The van der Waals surface area contributed by atoms with Crippen LogP contribution in [0.25, 0.3) is 20.7 Å². The maximum atomic E-state index is 12.9. The number of hydrogen-bond donors (Lipinski definition) is 1. The number of aryl methyl sites for hydroxylation is 2. The van der Waals surface area contributed by atoms with Crippen molar-refractivity contribution >= 4 is 44.5 Å². The van der Waals surface area contributed by atoms with E-state index >= 15 is 0 Å². The molecule has 0 fully saturated rings. The van der Waals surface area contributed by atoms with Crippen molar-refractivity contribution in [3.8, 4) is 10.4 Å². The zero-order valence-electron chi connectivity index (χ0n) is 14.1. The van der Waals surface area contributed by atoms with Gasteiger partial charge < -0.3 is 9.88 Å². The summed E-state index contributed by atoms with van der Waals surface area (Å²) in [5, 5.41) is 5.51. The molecule has 5 nitrogen and oxygen atoms in total. The Morgan fingerprint density at radius 1 is 1.19 bits per heavy atom. The molecule has 0 radical (unpaired) electrons. The zero-order valence-corrected chi connectivity index (χ0v) is 15.8. The van der Waals surface area contributed by atoms with E-state index in [1.54, 1.807) is 25.3 Å². The van der Waals surface area contributed by atoms with Crippen molar-refractivity contribution in [2.75, 3.05) is 5.32 Å². The molecule has 0 spiro atoms. The molecule has 3 aromatic heterocycles. The van der Waals surface area contributed by atoms with Crippen LogP contribution >= 0.6 is 22.7 Å². The Morgan fingerprint density at radius 2 is 2.00 bits per heavy atom. The molecule has 0 aliphatic rings. The predicted octanol–water partition coefficient (Wildman–Crippen LogP) is 4.28. The largest absolute Gasteiger partial charge is 0.321 e. The van der Waals surface area contributed by atoms with Crippen molar-refractivity contribution < 1.29 is 4.79 Å². The third kappa shape index (κ3) is 2.75. The number of aromatic nitrogens is 2. The summed E-state index contributed by atoms with van der Waals surface area (Å²) in [5.74, 6) is -0.225. The van der Waals surface area contributed by atoms with Gasteiger partial charge in [-0.15, -0.1) is 22.7 Å². The molecule has 0 saturated heterocycles. The van der Waals surface area contributed by atoms with Gasteiger partial charge in [0.2, 0.25) is 0 Å². The molecule has 0 aliphatic carbocycles. The Bertz CT molecular complexity index is 1170. The second kappa shape index (κ2) is 6.51. The standard InChI is InChI=1S/C19H15N3O2S2/c1-11-15-18(20-10-22(2)19(15)24)26-16(11)17(23)21-13-7-4-3-6-12(13)14-8-5-9-25-14/h3-10H,1-2H3,(H,21,23). The summed E-state index contributed by atoms with van der Waals surface area (Å²) in [7, 11) is 1.66. The average molecular weight is 381 g/mol. The lowest BCUT2D eigenvalue weighted by atomic mass is 10.1. The van der Waals surface area contributed by atoms with Crippen LogP contribution in [0.5, 0.6) is 0 Å². The topological polar surface area (TPSA) is 64.0 Å². The maximum Gasteiger partial charge on any atom is 0.266 e. The molecule has 3 heterocycles. The van der Waals surface area contributed by atoms with Crippen molar-refractivity contribution in [2.24, 2.45) is 7.05 Å². The van der Waals surface area contributed by atoms with Crippen LogP contribution in [0.2, 0.25) is 0 Å². The lowest BCUT2D eigenvalue weighted by Gasteiger charge is -2.09. The van der Waals surface area contributed by atoms with E-state index in [4.69, 9.17) is 0 Å². The molecule has 0 aliphatic heterocycles. The number of carbonyl (C=O) groups is 1. The van der Waals surface area contributed by atoms with Crippen LogP contribution in [0.3, 0.4) is 0 Å². The number of carbonyl (C=O) groups excluding carboxylic acids is 1. The van der Waals surface area contributed by atoms with Gasteiger partial charge in [0.1, 0.15) is 4.83 Å². The molecule has 0 bridgehead atoms. The molecular weight excluding hydrogens is 366 g/mol. The van der Waals surface area contributed by atoms with E-state index in [-0.39, 0.29) is 11.5 Å². The molecule has 26 heavy (non-hydrogen) atoms. The number of para-hydroxylation sites is 1. The fourth-order valence-corrected chi connectivity index (χ4v) is 4.64. The van der Waals surface area contributed by atoms with Gasteiger partial charge in [-0.1, -0.05) is 24.3 Å². The van der Waals surface area contributed by atoms with Crippen LogP contribution in [-0.4, -0.2) is 15.5 Å². The molecule has 1 aromatic carbocycles. The summed E-state index contributed by atoms with van der Waals surface area (Å²) < 4.78 is 1.43. The van der Waals surface area contributed by atoms with Crippen LogP contribution in [0.4, 0.5) is 5.69 Å². The first-order valence-electron chi connectivity index (χ1n) is 7.95. The number of thiophene rings is 2. The Balaban J connectivity index is 1.75. The zero-order chi connectivity index (χ0) is 18.3. The van der Waals surface area contributed by atoms with Crippen molar-refractivity contribution in [2.45, 2.75) is 6.92 Å². The van der Waals surface area contributed by atoms with Crippen LogP contribution in [0.1, 0.15) is 15.2 Å². The summed E-state index contributed by atoms with van der Waals surface area (Å²) >= 11 is 2.86. The van der Waals surface area contributed by atoms with Crippen molar-refractivity contribution in [1.29, 1.82) is 0 Å². The monoisotopic (exact) mass is 381 g/mol. The second-order valence-electron chi connectivity index (χ2n) is 5.87. The van der Waals surface area contributed by atoms with Crippen LogP contribution in [0.15, 0.2) is 52.9 Å². The Hall–Kier alpha value is -2.77. The number of rotatable bonds is 3. The maximum absolute atomic E-state index is 12.9. The molecule has 4 rings (SSSR count). The number of benzene rings is 1. The lowest BCUT2D eigenvalue weighted by Crippen LogP contribution is -2.17. The van der Waals surface area contributed by atoms with Gasteiger partial charge in [0.05, 0.1) is 16.6 Å². The molecule has 7 heteroatoms. The fourth-order valence-electron chi connectivity index (χ4n) is 2.84. The van der Waals surface area contributed by atoms with Gasteiger partial charge in [0.15, 0.2) is 0 Å². The number of anilines is 1. The first kappa shape index (κ1) is 16.7. The third-order valence-electron chi connectivity index (χ3n) is 4.18. The predicted molar refractivity (Wildman–Crippen MR) is 107 cm³/mol. The highest BCUT2D eigenvalue weighted by Gasteiger charge is 2.20. The van der Waals surface area contributed by atoms with Gasteiger partial charge in [-0.3, -0.25) is 9.59 Å². The van der Waals surface area contributed by atoms with E-state index in [0.29, 0.717) is 20.7 Å². The van der Waals surface area contributed by atoms with Crippen molar-refractivity contribution in [3.63, 3.8) is 0 Å². The van der Waals surface area contributed by atoms with Crippen molar-refractivity contribution in [1.82, 2.24) is 9.55 Å². The highest BCUT2D eigenvalue weighted by Crippen LogP contribution is 2.33. The Kier molecular flexibility index (Phi) is 4.18. The van der Waals surface area contributed by atoms with Gasteiger partial charge in [-0.25, -0.2) is 4.98 Å². The smallest absolute Gasteiger partial charge is 0.266 e. The first-order chi connectivity index (χ1) is 12.6. The lowest BCUT2D eigenvalue weighted by molar-refractivity contribution is 0.103. The van der Waals surface area contributed by atoms with E-state index in [0.717, 1.165) is 16.1 Å². The highest BCUT2D eigenvalue weighted by atomic mass is 32.1. The average Bonchev–Trinajstić information content (AvgIpc) is 3.27.